The summed E-state index contributed by atoms with van der Waals surface area (Å²) in [5.41, 5.74) is 1.99. The van der Waals surface area contributed by atoms with Crippen LogP contribution in [0, 0.1) is 0 Å². The lowest BCUT2D eigenvalue weighted by Crippen LogP contribution is -2.39. The van der Waals surface area contributed by atoms with Crippen LogP contribution in [0.2, 0.25) is 0 Å². The van der Waals surface area contributed by atoms with Crippen LogP contribution in [0.1, 0.15) is 17.7 Å². The first kappa shape index (κ1) is 13.8. The van der Waals surface area contributed by atoms with Gasteiger partial charge in [-0.15, -0.1) is 0 Å². The molecule has 0 fully saturated rings. The van der Waals surface area contributed by atoms with Crippen LogP contribution in [-0.2, 0) is 24.3 Å². The Bertz CT molecular complexity index is 609. The van der Waals surface area contributed by atoms with Crippen molar-refractivity contribution in [3.8, 4) is 0 Å². The number of aliphatic hydroxyl groups is 1. The molecule has 1 aliphatic rings. The molecule has 3 rings (SSSR count). The molecule has 1 N–H and O–H groups in total. The second-order valence-electron chi connectivity index (χ2n) is 5.40. The molecule has 1 amide bonds. The standard InChI is InChI=1S/C16H19N3O2/c20-15(9-13-5-2-1-3-6-13)16(21)18-7-4-8-19-12-17-10-14(19)11-18/h1-3,5-6,10,12,15,20H,4,7-9,11H2/t15-/m0/s1. The third-order valence-corrected chi connectivity index (χ3v) is 3.85. The molecule has 0 saturated carbocycles. The zero-order valence-corrected chi connectivity index (χ0v) is 11.9. The van der Waals surface area contributed by atoms with Crippen molar-refractivity contribution in [2.24, 2.45) is 0 Å². The Morgan fingerprint density at radius 1 is 1.29 bits per heavy atom. The number of imidazole rings is 1. The number of aliphatic hydroxyl groups excluding tert-OH is 1. The molecule has 5 nitrogen and oxygen atoms in total. The maximum absolute atomic E-state index is 12.4. The largest absolute Gasteiger partial charge is 0.383 e. The van der Waals surface area contributed by atoms with E-state index in [-0.39, 0.29) is 5.91 Å². The van der Waals surface area contributed by atoms with E-state index in [4.69, 9.17) is 0 Å². The molecule has 5 heteroatoms. The van der Waals surface area contributed by atoms with Gasteiger partial charge in [-0.1, -0.05) is 30.3 Å². The summed E-state index contributed by atoms with van der Waals surface area (Å²) in [6, 6.07) is 9.60. The van der Waals surface area contributed by atoms with Crippen LogP contribution >= 0.6 is 0 Å². The predicted molar refractivity (Wildman–Crippen MR) is 78.4 cm³/mol. The van der Waals surface area contributed by atoms with E-state index >= 15 is 0 Å². The average molecular weight is 285 g/mol. The van der Waals surface area contributed by atoms with E-state index in [0.717, 1.165) is 24.2 Å². The Morgan fingerprint density at radius 3 is 2.90 bits per heavy atom. The molecule has 1 aromatic carbocycles. The molecule has 110 valence electrons. The van der Waals surface area contributed by atoms with Crippen LogP contribution in [0.15, 0.2) is 42.9 Å². The number of carbonyl (C=O) groups excluding carboxylic acids is 1. The van der Waals surface area contributed by atoms with Crippen LogP contribution in [0.3, 0.4) is 0 Å². The van der Waals surface area contributed by atoms with E-state index < -0.39 is 6.10 Å². The van der Waals surface area contributed by atoms with Crippen molar-refractivity contribution < 1.29 is 9.90 Å². The van der Waals surface area contributed by atoms with E-state index in [1.54, 1.807) is 17.4 Å². The van der Waals surface area contributed by atoms with Crippen molar-refractivity contribution in [2.75, 3.05) is 6.54 Å². The van der Waals surface area contributed by atoms with Gasteiger partial charge >= 0.3 is 0 Å². The molecule has 0 radical (unpaired) electrons. The van der Waals surface area contributed by atoms with Gasteiger partial charge in [0.05, 0.1) is 18.6 Å². The monoisotopic (exact) mass is 285 g/mol. The summed E-state index contributed by atoms with van der Waals surface area (Å²) in [7, 11) is 0. The number of carbonyl (C=O) groups is 1. The molecule has 0 aliphatic carbocycles. The molecule has 0 saturated heterocycles. The number of nitrogens with zero attached hydrogens (tertiary/aromatic N) is 3. The van der Waals surface area contributed by atoms with Crippen LogP contribution in [0.25, 0.3) is 0 Å². The summed E-state index contributed by atoms with van der Waals surface area (Å²) in [4.78, 5) is 18.3. The fourth-order valence-corrected chi connectivity index (χ4v) is 2.71. The van der Waals surface area contributed by atoms with Gasteiger partial charge in [-0.25, -0.2) is 4.98 Å². The molecule has 2 aromatic rings. The number of benzene rings is 1. The van der Waals surface area contributed by atoms with Gasteiger partial charge in [-0.2, -0.15) is 0 Å². The van der Waals surface area contributed by atoms with Crippen LogP contribution in [0.4, 0.5) is 0 Å². The number of amides is 1. The van der Waals surface area contributed by atoms with Gasteiger partial charge in [0.15, 0.2) is 0 Å². The highest BCUT2D eigenvalue weighted by atomic mass is 16.3. The van der Waals surface area contributed by atoms with Gasteiger partial charge in [0, 0.05) is 25.7 Å². The van der Waals surface area contributed by atoms with Gasteiger partial charge in [0.1, 0.15) is 6.10 Å². The molecular formula is C16H19N3O2. The van der Waals surface area contributed by atoms with Crippen molar-refractivity contribution in [3.63, 3.8) is 0 Å². The fraction of sp³-hybridized carbons (Fsp3) is 0.375. The van der Waals surface area contributed by atoms with Crippen molar-refractivity contribution in [1.29, 1.82) is 0 Å². The van der Waals surface area contributed by atoms with E-state index in [1.807, 2.05) is 30.3 Å². The van der Waals surface area contributed by atoms with Gasteiger partial charge in [-0.05, 0) is 12.0 Å². The van der Waals surface area contributed by atoms with E-state index in [0.29, 0.717) is 19.5 Å². The zero-order chi connectivity index (χ0) is 14.7. The minimum Gasteiger partial charge on any atom is -0.383 e. The summed E-state index contributed by atoms with van der Waals surface area (Å²) >= 11 is 0. The minimum atomic E-state index is -0.984. The fourth-order valence-electron chi connectivity index (χ4n) is 2.71. The van der Waals surface area contributed by atoms with Crippen molar-refractivity contribution >= 4 is 5.91 Å². The third kappa shape index (κ3) is 3.13. The smallest absolute Gasteiger partial charge is 0.252 e. The second-order valence-corrected chi connectivity index (χ2v) is 5.40. The Morgan fingerprint density at radius 2 is 2.10 bits per heavy atom. The number of aryl methyl sites for hydroxylation is 1. The highest BCUT2D eigenvalue weighted by Gasteiger charge is 2.25. The van der Waals surface area contributed by atoms with Gasteiger partial charge < -0.3 is 14.6 Å². The molecule has 1 aromatic heterocycles. The first-order chi connectivity index (χ1) is 10.2. The minimum absolute atomic E-state index is 0.200. The SMILES string of the molecule is O=C([C@@H](O)Cc1ccccc1)N1CCCn2cncc2C1. The first-order valence-corrected chi connectivity index (χ1v) is 7.24. The summed E-state index contributed by atoms with van der Waals surface area (Å²) < 4.78 is 2.07. The van der Waals surface area contributed by atoms with Crippen molar-refractivity contribution in [2.45, 2.75) is 32.0 Å². The van der Waals surface area contributed by atoms with Crippen LogP contribution < -0.4 is 0 Å². The number of hydrogen-bond acceptors (Lipinski definition) is 3. The number of hydrogen-bond donors (Lipinski definition) is 1. The molecule has 0 spiro atoms. The average Bonchev–Trinajstić information content (AvgIpc) is 2.84. The predicted octanol–water partition coefficient (Wildman–Crippen LogP) is 1.22. The van der Waals surface area contributed by atoms with Crippen LogP contribution in [-0.4, -0.2) is 38.1 Å². The summed E-state index contributed by atoms with van der Waals surface area (Å²) in [5.74, 6) is -0.200. The highest BCUT2D eigenvalue weighted by Crippen LogP contribution is 2.14. The van der Waals surface area contributed by atoms with E-state index in [9.17, 15) is 9.90 Å². The quantitative estimate of drug-likeness (QED) is 0.922. The number of fused-ring (bicyclic) bond motifs is 1. The van der Waals surface area contributed by atoms with Gasteiger partial charge in [0.2, 0.25) is 0 Å². The van der Waals surface area contributed by atoms with Crippen molar-refractivity contribution in [1.82, 2.24) is 14.5 Å². The number of rotatable bonds is 3. The van der Waals surface area contributed by atoms with Crippen molar-refractivity contribution in [3.05, 3.63) is 54.1 Å². The van der Waals surface area contributed by atoms with Gasteiger partial charge in [0.25, 0.3) is 5.91 Å². The molecule has 1 aliphatic heterocycles. The Labute approximate surface area is 123 Å². The molecular weight excluding hydrogens is 266 g/mol. The Balaban J connectivity index is 1.67. The maximum Gasteiger partial charge on any atom is 0.252 e. The topological polar surface area (TPSA) is 58.4 Å². The van der Waals surface area contributed by atoms with E-state index in [1.165, 1.54) is 0 Å². The molecule has 21 heavy (non-hydrogen) atoms. The second kappa shape index (κ2) is 6.10. The maximum atomic E-state index is 12.4. The lowest BCUT2D eigenvalue weighted by molar-refractivity contribution is -0.140. The summed E-state index contributed by atoms with van der Waals surface area (Å²) in [6.45, 7) is 2.06. The Kier molecular flexibility index (Phi) is 4.01. The molecule has 2 heterocycles. The third-order valence-electron chi connectivity index (χ3n) is 3.85. The normalized spacial score (nSPS) is 16.1. The summed E-state index contributed by atoms with van der Waals surface area (Å²) in [6.07, 6.45) is 3.84. The highest BCUT2D eigenvalue weighted by molar-refractivity contribution is 5.81. The molecule has 1 atom stereocenters. The number of aromatic nitrogens is 2. The van der Waals surface area contributed by atoms with Gasteiger partial charge in [-0.3, -0.25) is 4.79 Å². The van der Waals surface area contributed by atoms with Crippen LogP contribution in [0.5, 0.6) is 0 Å². The zero-order valence-electron chi connectivity index (χ0n) is 11.9. The Hall–Kier alpha value is -2.14. The lowest BCUT2D eigenvalue weighted by Gasteiger charge is -2.23. The van der Waals surface area contributed by atoms with E-state index in [2.05, 4.69) is 9.55 Å². The lowest BCUT2D eigenvalue weighted by atomic mass is 10.1. The first-order valence-electron chi connectivity index (χ1n) is 7.24. The molecule has 0 unspecified atom stereocenters. The molecule has 0 bridgehead atoms. The summed E-state index contributed by atoms with van der Waals surface area (Å²) in [5, 5.41) is 10.2.